The van der Waals surface area contributed by atoms with Gasteiger partial charge in [0.15, 0.2) is 11.5 Å². The number of benzene rings is 2. The first-order valence-electron chi connectivity index (χ1n) is 9.36. The molecule has 1 aliphatic heterocycles. The van der Waals surface area contributed by atoms with Crippen LogP contribution in [-0.4, -0.2) is 48.3 Å². The van der Waals surface area contributed by atoms with Crippen LogP contribution in [0.5, 0.6) is 11.5 Å². The van der Waals surface area contributed by atoms with Crippen molar-refractivity contribution in [1.82, 2.24) is 15.0 Å². The van der Waals surface area contributed by atoms with Crippen LogP contribution < -0.4 is 9.47 Å². The van der Waals surface area contributed by atoms with Gasteiger partial charge in [-0.2, -0.15) is 4.98 Å². The second-order valence-electron chi connectivity index (χ2n) is 6.85. The van der Waals surface area contributed by atoms with Gasteiger partial charge in [-0.15, -0.1) is 0 Å². The van der Waals surface area contributed by atoms with E-state index in [1.54, 1.807) is 49.5 Å². The molecule has 4 rings (SSSR count). The van der Waals surface area contributed by atoms with E-state index in [9.17, 15) is 4.79 Å². The topological polar surface area (TPSA) is 77.7 Å². The number of aromatic nitrogens is 2. The number of methoxy groups -OCH3 is 2. The van der Waals surface area contributed by atoms with Crippen LogP contribution in [0, 0.1) is 0 Å². The predicted molar refractivity (Wildman–Crippen MR) is 113 cm³/mol. The van der Waals surface area contributed by atoms with E-state index in [-0.39, 0.29) is 11.8 Å². The summed E-state index contributed by atoms with van der Waals surface area (Å²) < 4.78 is 15.9. The van der Waals surface area contributed by atoms with Crippen LogP contribution in [-0.2, 0) is 4.79 Å². The van der Waals surface area contributed by atoms with E-state index in [2.05, 4.69) is 10.1 Å². The van der Waals surface area contributed by atoms with E-state index in [4.69, 9.17) is 25.6 Å². The van der Waals surface area contributed by atoms with Crippen molar-refractivity contribution in [3.63, 3.8) is 0 Å². The number of carbonyl (C=O) groups is 1. The molecule has 30 heavy (non-hydrogen) atoms. The zero-order valence-electron chi connectivity index (χ0n) is 16.5. The molecule has 1 aromatic heterocycles. The number of halogens is 1. The molecule has 1 fully saturated rings. The number of carbonyl (C=O) groups excluding carboxylic acids is 1. The summed E-state index contributed by atoms with van der Waals surface area (Å²) in [6.45, 7) is 1.07. The molecule has 2 aromatic carbocycles. The summed E-state index contributed by atoms with van der Waals surface area (Å²) in [6, 6.07) is 12.8. The highest BCUT2D eigenvalue weighted by Crippen LogP contribution is 2.30. The fraction of sp³-hybridized carbons (Fsp3) is 0.227. The molecule has 2 heterocycles. The molecule has 0 spiro atoms. The number of amides is 1. The molecule has 1 saturated heterocycles. The first-order valence-corrected chi connectivity index (χ1v) is 9.73. The average molecular weight is 426 g/mol. The van der Waals surface area contributed by atoms with Crippen molar-refractivity contribution >= 4 is 23.6 Å². The Balaban J connectivity index is 1.35. The third kappa shape index (κ3) is 4.16. The van der Waals surface area contributed by atoms with Crippen LogP contribution in [0.15, 0.2) is 53.1 Å². The molecule has 0 aliphatic carbocycles. The number of nitrogens with zero attached hydrogens (tertiary/aromatic N) is 3. The smallest absolute Gasteiger partial charge is 0.246 e. The van der Waals surface area contributed by atoms with Gasteiger partial charge >= 0.3 is 0 Å². The molecule has 3 aromatic rings. The van der Waals surface area contributed by atoms with Crippen molar-refractivity contribution in [3.05, 3.63) is 65.0 Å². The van der Waals surface area contributed by atoms with Crippen molar-refractivity contribution < 1.29 is 18.8 Å². The van der Waals surface area contributed by atoms with Gasteiger partial charge in [-0.25, -0.2) is 0 Å². The Morgan fingerprint density at radius 3 is 2.70 bits per heavy atom. The van der Waals surface area contributed by atoms with E-state index < -0.39 is 0 Å². The van der Waals surface area contributed by atoms with Crippen molar-refractivity contribution in [2.24, 2.45) is 0 Å². The quantitative estimate of drug-likeness (QED) is 0.554. The van der Waals surface area contributed by atoms with E-state index in [1.165, 1.54) is 0 Å². The molecule has 1 aliphatic rings. The van der Waals surface area contributed by atoms with Gasteiger partial charge in [0.25, 0.3) is 0 Å². The molecular weight excluding hydrogens is 406 g/mol. The first kappa shape index (κ1) is 20.0. The zero-order chi connectivity index (χ0) is 21.1. The molecule has 1 amide bonds. The Kier molecular flexibility index (Phi) is 5.72. The van der Waals surface area contributed by atoms with Gasteiger partial charge in [0.05, 0.1) is 20.1 Å². The summed E-state index contributed by atoms with van der Waals surface area (Å²) in [5.41, 5.74) is 1.64. The highest BCUT2D eigenvalue weighted by molar-refractivity contribution is 6.30. The molecule has 0 atom stereocenters. The average Bonchev–Trinajstić information content (AvgIpc) is 3.20. The third-order valence-corrected chi connectivity index (χ3v) is 5.13. The van der Waals surface area contributed by atoms with Gasteiger partial charge in [-0.1, -0.05) is 35.0 Å². The molecule has 154 valence electrons. The van der Waals surface area contributed by atoms with Crippen molar-refractivity contribution in [2.45, 2.75) is 5.92 Å². The van der Waals surface area contributed by atoms with Gasteiger partial charge in [-0.3, -0.25) is 4.79 Å². The normalized spacial score (nSPS) is 14.0. The summed E-state index contributed by atoms with van der Waals surface area (Å²) in [4.78, 5) is 18.6. The summed E-state index contributed by atoms with van der Waals surface area (Å²) >= 11 is 6.01. The lowest BCUT2D eigenvalue weighted by atomic mass is 10.00. The Morgan fingerprint density at radius 2 is 1.97 bits per heavy atom. The molecule has 0 N–H and O–H groups in total. The van der Waals surface area contributed by atoms with Crippen molar-refractivity contribution in [2.75, 3.05) is 27.3 Å². The van der Waals surface area contributed by atoms with Crippen LogP contribution in [0.25, 0.3) is 17.5 Å². The highest BCUT2D eigenvalue weighted by Gasteiger charge is 2.34. The maximum atomic E-state index is 12.4. The zero-order valence-corrected chi connectivity index (χ0v) is 17.3. The summed E-state index contributed by atoms with van der Waals surface area (Å²) in [5, 5.41) is 4.63. The van der Waals surface area contributed by atoms with Crippen LogP contribution in [0.1, 0.15) is 17.4 Å². The number of hydrogen-bond donors (Lipinski definition) is 0. The molecule has 7 nitrogen and oxygen atoms in total. The van der Waals surface area contributed by atoms with Crippen LogP contribution in [0.4, 0.5) is 0 Å². The van der Waals surface area contributed by atoms with Crippen LogP contribution >= 0.6 is 11.6 Å². The lowest BCUT2D eigenvalue weighted by Gasteiger charge is -2.36. The predicted octanol–water partition coefficient (Wildman–Crippen LogP) is 4.05. The SMILES string of the molecule is COc1ccc(C=CC(=O)N2CC(c3nc(-c4cccc(Cl)c4)no3)C2)cc1OC. The molecule has 0 radical (unpaired) electrons. The highest BCUT2D eigenvalue weighted by atomic mass is 35.5. The van der Waals surface area contributed by atoms with Gasteiger partial charge < -0.3 is 18.9 Å². The molecular formula is C22H20ClN3O4. The number of hydrogen-bond acceptors (Lipinski definition) is 6. The second kappa shape index (κ2) is 8.59. The van der Waals surface area contributed by atoms with E-state index >= 15 is 0 Å². The monoisotopic (exact) mass is 425 g/mol. The Bertz CT molecular complexity index is 1090. The summed E-state index contributed by atoms with van der Waals surface area (Å²) in [7, 11) is 3.16. The number of rotatable bonds is 6. The van der Waals surface area contributed by atoms with Crippen molar-refractivity contribution in [1.29, 1.82) is 0 Å². The minimum atomic E-state index is -0.0735. The Morgan fingerprint density at radius 1 is 1.17 bits per heavy atom. The molecule has 0 unspecified atom stereocenters. The first-order chi connectivity index (χ1) is 14.6. The fourth-order valence-corrected chi connectivity index (χ4v) is 3.38. The summed E-state index contributed by atoms with van der Waals surface area (Å²) in [5.74, 6) is 2.23. The van der Waals surface area contributed by atoms with E-state index in [0.29, 0.717) is 41.3 Å². The van der Waals surface area contributed by atoms with Gasteiger partial charge in [0, 0.05) is 29.8 Å². The Labute approximate surface area is 178 Å². The number of likely N-dealkylation sites (tertiary alicyclic amines) is 1. The molecule has 8 heteroatoms. The Hall–Kier alpha value is -3.32. The van der Waals surface area contributed by atoms with E-state index in [1.807, 2.05) is 24.3 Å². The van der Waals surface area contributed by atoms with Gasteiger partial charge in [-0.05, 0) is 35.9 Å². The van der Waals surface area contributed by atoms with Crippen molar-refractivity contribution in [3.8, 4) is 22.9 Å². The van der Waals surface area contributed by atoms with Gasteiger partial charge in [0.1, 0.15) is 0 Å². The largest absolute Gasteiger partial charge is 0.493 e. The standard InChI is InChI=1S/C22H20ClN3O4/c1-28-18-8-6-14(10-19(18)29-2)7-9-20(27)26-12-16(13-26)22-24-21(25-30-22)15-4-3-5-17(23)11-15/h3-11,16H,12-13H2,1-2H3. The number of ether oxygens (including phenoxy) is 2. The fourth-order valence-electron chi connectivity index (χ4n) is 3.19. The molecule has 0 saturated carbocycles. The second-order valence-corrected chi connectivity index (χ2v) is 7.29. The maximum absolute atomic E-state index is 12.4. The van der Waals surface area contributed by atoms with Gasteiger partial charge in [0.2, 0.25) is 17.6 Å². The third-order valence-electron chi connectivity index (χ3n) is 4.89. The summed E-state index contributed by atoms with van der Waals surface area (Å²) in [6.07, 6.45) is 3.30. The lowest BCUT2D eigenvalue weighted by Crippen LogP contribution is -2.47. The minimum Gasteiger partial charge on any atom is -0.493 e. The lowest BCUT2D eigenvalue weighted by molar-refractivity contribution is -0.130. The van der Waals surface area contributed by atoms with Crippen LogP contribution in [0.3, 0.4) is 0 Å². The van der Waals surface area contributed by atoms with E-state index in [0.717, 1.165) is 11.1 Å². The maximum Gasteiger partial charge on any atom is 0.246 e. The molecule has 0 bridgehead atoms. The van der Waals surface area contributed by atoms with Crippen LogP contribution in [0.2, 0.25) is 5.02 Å². The minimum absolute atomic E-state index is 0.0314.